The molecule has 1 rings (SSSR count). The molecule has 0 amide bonds. The molecule has 0 saturated heterocycles. The van der Waals surface area contributed by atoms with Gasteiger partial charge < -0.3 is 0 Å². The lowest BCUT2D eigenvalue weighted by Gasteiger charge is -2.07. The molecule has 2 heteroatoms. The maximum atomic E-state index is 12.8. The van der Waals surface area contributed by atoms with Gasteiger partial charge in [-0.15, -0.1) is 0 Å². The van der Waals surface area contributed by atoms with Gasteiger partial charge in [-0.25, -0.2) is 8.78 Å². The van der Waals surface area contributed by atoms with Gasteiger partial charge in [-0.05, 0) is 35.8 Å². The molecule has 0 aliphatic rings. The van der Waals surface area contributed by atoms with E-state index in [9.17, 15) is 8.78 Å². The highest BCUT2D eigenvalue weighted by molar-refractivity contribution is 5.75. The van der Waals surface area contributed by atoms with Gasteiger partial charge in [-0.3, -0.25) is 0 Å². The number of hydrogen-bond donors (Lipinski definition) is 0. The molecular formula is C12H12F2. The van der Waals surface area contributed by atoms with Gasteiger partial charge in [0, 0.05) is 0 Å². The molecule has 0 atom stereocenters. The van der Waals surface area contributed by atoms with E-state index in [1.54, 1.807) is 12.1 Å². The average Bonchev–Trinajstić information content (AvgIpc) is 2.21. The third-order valence-corrected chi connectivity index (χ3v) is 2.05. The number of alkyl halides is 1. The third-order valence-electron chi connectivity index (χ3n) is 2.05. The topological polar surface area (TPSA) is 0 Å². The van der Waals surface area contributed by atoms with Gasteiger partial charge in [-0.2, -0.15) is 0 Å². The summed E-state index contributed by atoms with van der Waals surface area (Å²) >= 11 is 0. The number of hydrogen-bond acceptors (Lipinski definition) is 0. The second-order valence-corrected chi connectivity index (χ2v) is 2.88. The van der Waals surface area contributed by atoms with E-state index in [0.717, 1.165) is 5.57 Å². The van der Waals surface area contributed by atoms with E-state index in [4.69, 9.17) is 0 Å². The van der Waals surface area contributed by atoms with Crippen LogP contribution in [-0.4, -0.2) is 0 Å². The Labute approximate surface area is 82.6 Å². The highest BCUT2D eigenvalue weighted by atomic mass is 19.1. The molecule has 0 spiro atoms. The van der Waals surface area contributed by atoms with Crippen molar-refractivity contribution in [1.29, 1.82) is 0 Å². The quantitative estimate of drug-likeness (QED) is 0.640. The number of halogens is 2. The van der Waals surface area contributed by atoms with Crippen molar-refractivity contribution in [1.82, 2.24) is 0 Å². The first kappa shape index (κ1) is 10.6. The minimum atomic E-state index is -0.668. The normalized spacial score (nSPS) is 11.5. The van der Waals surface area contributed by atoms with Crippen molar-refractivity contribution < 1.29 is 8.78 Å². The molecule has 0 heterocycles. The Morgan fingerprint density at radius 2 is 2.21 bits per heavy atom. The standard InChI is InChI=1S/C12H12F2/c1-3-9(4-2)12-6-5-11(14)7-10(12)8-13/h3-7H,1,8H2,2H3/b9-4+. The van der Waals surface area contributed by atoms with Gasteiger partial charge in [0.15, 0.2) is 0 Å². The molecule has 0 aliphatic carbocycles. The molecule has 0 unspecified atom stereocenters. The molecule has 74 valence electrons. The van der Waals surface area contributed by atoms with Crippen molar-refractivity contribution >= 4 is 5.57 Å². The van der Waals surface area contributed by atoms with Crippen LogP contribution in [0, 0.1) is 5.82 Å². The first-order chi connectivity index (χ1) is 6.72. The molecule has 0 aliphatic heterocycles. The van der Waals surface area contributed by atoms with Crippen LogP contribution in [0.25, 0.3) is 5.57 Å². The second-order valence-electron chi connectivity index (χ2n) is 2.88. The van der Waals surface area contributed by atoms with Gasteiger partial charge in [0.1, 0.15) is 12.5 Å². The fourth-order valence-electron chi connectivity index (χ4n) is 1.34. The Morgan fingerprint density at radius 1 is 1.50 bits per heavy atom. The highest BCUT2D eigenvalue weighted by Crippen LogP contribution is 2.22. The summed E-state index contributed by atoms with van der Waals surface area (Å²) in [6, 6.07) is 4.10. The Hall–Kier alpha value is -1.44. The van der Waals surface area contributed by atoms with E-state index in [0.29, 0.717) is 11.1 Å². The van der Waals surface area contributed by atoms with E-state index in [1.165, 1.54) is 12.1 Å². The lowest BCUT2D eigenvalue weighted by atomic mass is 10.00. The maximum Gasteiger partial charge on any atom is 0.123 e. The summed E-state index contributed by atoms with van der Waals surface area (Å²) < 4.78 is 25.4. The molecule has 0 N–H and O–H groups in total. The van der Waals surface area contributed by atoms with Crippen LogP contribution in [0.15, 0.2) is 36.9 Å². The van der Waals surface area contributed by atoms with E-state index in [-0.39, 0.29) is 0 Å². The fraction of sp³-hybridized carbons (Fsp3) is 0.167. The molecule has 0 radical (unpaired) electrons. The molecule has 0 fully saturated rings. The summed E-state index contributed by atoms with van der Waals surface area (Å²) in [6.45, 7) is 4.79. The molecule has 14 heavy (non-hydrogen) atoms. The van der Waals surface area contributed by atoms with Crippen LogP contribution >= 0.6 is 0 Å². The van der Waals surface area contributed by atoms with Crippen molar-refractivity contribution in [3.63, 3.8) is 0 Å². The van der Waals surface area contributed by atoms with Crippen LogP contribution in [-0.2, 0) is 6.67 Å². The van der Waals surface area contributed by atoms with Crippen LogP contribution < -0.4 is 0 Å². The van der Waals surface area contributed by atoms with Crippen molar-refractivity contribution in [2.45, 2.75) is 13.6 Å². The predicted molar refractivity (Wildman–Crippen MR) is 55.1 cm³/mol. The molecule has 0 aromatic heterocycles. The monoisotopic (exact) mass is 194 g/mol. The molecule has 1 aromatic carbocycles. The van der Waals surface area contributed by atoms with E-state index >= 15 is 0 Å². The smallest absolute Gasteiger partial charge is 0.123 e. The molecule has 1 aromatic rings. The molecular weight excluding hydrogens is 182 g/mol. The summed E-state index contributed by atoms with van der Waals surface area (Å²) in [7, 11) is 0. The van der Waals surface area contributed by atoms with Crippen molar-refractivity contribution in [3.8, 4) is 0 Å². The van der Waals surface area contributed by atoms with Gasteiger partial charge in [0.2, 0.25) is 0 Å². The zero-order valence-electron chi connectivity index (χ0n) is 8.06. The van der Waals surface area contributed by atoms with Crippen LogP contribution in [0.4, 0.5) is 8.78 Å². The fourth-order valence-corrected chi connectivity index (χ4v) is 1.34. The van der Waals surface area contributed by atoms with Crippen LogP contribution in [0.2, 0.25) is 0 Å². The number of rotatable bonds is 3. The Bertz CT molecular complexity index is 365. The van der Waals surface area contributed by atoms with Crippen molar-refractivity contribution in [2.75, 3.05) is 0 Å². The zero-order valence-corrected chi connectivity index (χ0v) is 8.06. The molecule has 0 bridgehead atoms. The minimum absolute atomic E-state index is 0.359. The van der Waals surface area contributed by atoms with Crippen molar-refractivity contribution in [3.05, 3.63) is 53.9 Å². The number of benzene rings is 1. The Morgan fingerprint density at radius 3 is 2.71 bits per heavy atom. The van der Waals surface area contributed by atoms with Gasteiger partial charge in [0.25, 0.3) is 0 Å². The first-order valence-corrected chi connectivity index (χ1v) is 4.36. The summed E-state index contributed by atoms with van der Waals surface area (Å²) in [5, 5.41) is 0. The maximum absolute atomic E-state index is 12.8. The van der Waals surface area contributed by atoms with Gasteiger partial charge >= 0.3 is 0 Å². The lowest BCUT2D eigenvalue weighted by molar-refractivity contribution is 0.481. The summed E-state index contributed by atoms with van der Waals surface area (Å²) in [6.07, 6.45) is 3.45. The van der Waals surface area contributed by atoms with Crippen LogP contribution in [0.3, 0.4) is 0 Å². The molecule has 0 saturated carbocycles. The third kappa shape index (κ3) is 2.08. The SMILES string of the molecule is C=C/C(=C\C)c1ccc(F)cc1CF. The van der Waals surface area contributed by atoms with E-state index < -0.39 is 12.5 Å². The van der Waals surface area contributed by atoms with E-state index in [1.807, 2.05) is 13.0 Å². The van der Waals surface area contributed by atoms with Gasteiger partial charge in [0.05, 0.1) is 0 Å². The first-order valence-electron chi connectivity index (χ1n) is 4.36. The predicted octanol–water partition coefficient (Wildman–Crippen LogP) is 3.88. The lowest BCUT2D eigenvalue weighted by Crippen LogP contribution is -1.91. The van der Waals surface area contributed by atoms with E-state index in [2.05, 4.69) is 6.58 Å². The minimum Gasteiger partial charge on any atom is -0.246 e. The summed E-state index contributed by atoms with van der Waals surface area (Å²) in [5.41, 5.74) is 1.88. The zero-order chi connectivity index (χ0) is 10.6. The summed E-state index contributed by atoms with van der Waals surface area (Å²) in [4.78, 5) is 0. The van der Waals surface area contributed by atoms with Crippen molar-refractivity contribution in [2.24, 2.45) is 0 Å². The largest absolute Gasteiger partial charge is 0.246 e. The van der Waals surface area contributed by atoms with Gasteiger partial charge in [-0.1, -0.05) is 24.8 Å². The van der Waals surface area contributed by atoms with Crippen LogP contribution in [0.5, 0.6) is 0 Å². The average molecular weight is 194 g/mol. The number of allylic oxidation sites excluding steroid dienone is 3. The highest BCUT2D eigenvalue weighted by Gasteiger charge is 2.05. The van der Waals surface area contributed by atoms with Crippen LogP contribution in [0.1, 0.15) is 18.1 Å². The Balaban J connectivity index is 3.26. The Kier molecular flexibility index (Phi) is 3.57. The second kappa shape index (κ2) is 4.70. The summed E-state index contributed by atoms with van der Waals surface area (Å²) in [5.74, 6) is -0.416. The molecule has 0 nitrogen and oxygen atoms in total.